The molecule has 3 aromatic rings. The molecule has 4 N–H and O–H groups in total. The number of nitrogen functional groups attached to an aromatic ring is 1. The van der Waals surface area contributed by atoms with Crippen LogP contribution >= 0.6 is 11.3 Å². The van der Waals surface area contributed by atoms with Crippen molar-refractivity contribution in [2.75, 3.05) is 18.8 Å². The van der Waals surface area contributed by atoms with Gasteiger partial charge in [0.1, 0.15) is 5.82 Å². The maximum atomic E-state index is 13.3. The third-order valence-corrected chi connectivity index (χ3v) is 6.72. The van der Waals surface area contributed by atoms with Gasteiger partial charge < -0.3 is 11.5 Å². The van der Waals surface area contributed by atoms with E-state index in [1.807, 2.05) is 17.5 Å². The van der Waals surface area contributed by atoms with Gasteiger partial charge in [0.15, 0.2) is 0 Å². The molecule has 0 aliphatic heterocycles. The minimum Gasteiger partial charge on any atom is -0.383 e. The van der Waals surface area contributed by atoms with E-state index in [0.717, 1.165) is 4.88 Å². The molecule has 136 valence electrons. The van der Waals surface area contributed by atoms with Crippen LogP contribution in [0, 0.1) is 0 Å². The molecule has 26 heavy (non-hydrogen) atoms. The molecule has 0 unspecified atom stereocenters. The number of aromatic nitrogens is 1. The highest BCUT2D eigenvalue weighted by molar-refractivity contribution is 7.89. The van der Waals surface area contributed by atoms with Gasteiger partial charge in [0.05, 0.1) is 4.90 Å². The van der Waals surface area contributed by atoms with E-state index in [1.54, 1.807) is 41.7 Å². The first-order valence-electron chi connectivity index (χ1n) is 8.08. The average Bonchev–Trinajstić information content (AvgIpc) is 3.15. The van der Waals surface area contributed by atoms with Gasteiger partial charge in [-0.3, -0.25) is 4.31 Å². The van der Waals surface area contributed by atoms with Crippen LogP contribution in [0.2, 0.25) is 0 Å². The van der Waals surface area contributed by atoms with E-state index in [4.69, 9.17) is 11.5 Å². The highest BCUT2D eigenvalue weighted by Gasteiger charge is 2.24. The molecule has 0 radical (unpaired) electrons. The first kappa shape index (κ1) is 18.4. The fourth-order valence-electron chi connectivity index (χ4n) is 2.68. The zero-order valence-electron chi connectivity index (χ0n) is 14.1. The number of hydrogen-bond donors (Lipinski definition) is 2. The van der Waals surface area contributed by atoms with E-state index < -0.39 is 10.0 Å². The number of benzene rings is 1. The second-order valence-corrected chi connectivity index (χ2v) is 8.50. The first-order valence-corrected chi connectivity index (χ1v) is 10.4. The molecular weight excluding hydrogens is 368 g/mol. The molecule has 1 aromatic carbocycles. The van der Waals surface area contributed by atoms with E-state index in [1.165, 1.54) is 16.7 Å². The summed E-state index contributed by atoms with van der Waals surface area (Å²) in [6.07, 6.45) is 5.31. The first-order chi connectivity index (χ1) is 12.5. The lowest BCUT2D eigenvalue weighted by molar-refractivity contribution is 0.501. The van der Waals surface area contributed by atoms with Crippen molar-refractivity contribution in [2.45, 2.75) is 11.3 Å². The monoisotopic (exact) mass is 388 g/mol. The maximum Gasteiger partial charge on any atom is 0.264 e. The average molecular weight is 389 g/mol. The molecule has 2 heterocycles. The summed E-state index contributed by atoms with van der Waals surface area (Å²) in [7, 11) is -3.76. The van der Waals surface area contributed by atoms with Crippen LogP contribution < -0.4 is 11.5 Å². The quantitative estimate of drug-likeness (QED) is 0.648. The maximum absolute atomic E-state index is 13.3. The molecule has 0 bridgehead atoms. The van der Waals surface area contributed by atoms with Crippen LogP contribution in [0.5, 0.6) is 0 Å². The highest BCUT2D eigenvalue weighted by atomic mass is 32.2. The zero-order chi connectivity index (χ0) is 18.6. The second-order valence-electron chi connectivity index (χ2n) is 5.61. The lowest BCUT2D eigenvalue weighted by atomic mass is 10.1. The Bertz CT molecular complexity index is 1010. The predicted molar refractivity (Wildman–Crippen MR) is 106 cm³/mol. The van der Waals surface area contributed by atoms with E-state index in [-0.39, 0.29) is 11.4 Å². The van der Waals surface area contributed by atoms with Gasteiger partial charge >= 0.3 is 0 Å². The molecule has 2 aromatic heterocycles. The Kier molecular flexibility index (Phi) is 5.55. The van der Waals surface area contributed by atoms with Crippen LogP contribution in [-0.2, 0) is 16.4 Å². The van der Waals surface area contributed by atoms with Crippen molar-refractivity contribution >= 4 is 38.0 Å². The summed E-state index contributed by atoms with van der Waals surface area (Å²) in [5, 5.41) is 3.15. The fraction of sp³-hybridized carbons (Fsp3) is 0.167. The molecule has 6 nitrogen and oxygen atoms in total. The van der Waals surface area contributed by atoms with E-state index in [9.17, 15) is 8.42 Å². The van der Waals surface area contributed by atoms with Gasteiger partial charge in [0.25, 0.3) is 10.0 Å². The van der Waals surface area contributed by atoms with E-state index in [0.29, 0.717) is 29.6 Å². The molecule has 0 saturated carbocycles. The van der Waals surface area contributed by atoms with Crippen molar-refractivity contribution in [1.29, 1.82) is 0 Å². The Balaban J connectivity index is 2.02. The summed E-state index contributed by atoms with van der Waals surface area (Å²) < 4.78 is 27.9. The standard InChI is InChI=1S/C18H20N4O2S2/c19-9-3-11-22(12-8-14-4-2-13-25-14)26(23,24)17-6-1-5-16-15(17)7-10-21-18(16)20/h1-7,10-11,13H,8-9,12,19H2,(H2,20,21). The Morgan fingerprint density at radius 2 is 2.00 bits per heavy atom. The molecule has 0 aliphatic rings. The number of rotatable bonds is 7. The smallest absolute Gasteiger partial charge is 0.264 e. The van der Waals surface area contributed by atoms with E-state index >= 15 is 0 Å². The van der Waals surface area contributed by atoms with Crippen molar-refractivity contribution < 1.29 is 8.42 Å². The molecule has 3 rings (SSSR count). The van der Waals surface area contributed by atoms with Crippen molar-refractivity contribution in [3.8, 4) is 0 Å². The third-order valence-electron chi connectivity index (χ3n) is 3.95. The normalized spacial score (nSPS) is 12.0. The van der Waals surface area contributed by atoms with Gasteiger partial charge in [-0.1, -0.05) is 24.3 Å². The minimum atomic E-state index is -3.76. The van der Waals surface area contributed by atoms with Crippen molar-refractivity contribution in [3.63, 3.8) is 0 Å². The summed E-state index contributed by atoms with van der Waals surface area (Å²) in [6, 6.07) is 10.6. The van der Waals surface area contributed by atoms with Gasteiger partial charge in [-0.15, -0.1) is 11.3 Å². The summed E-state index contributed by atoms with van der Waals surface area (Å²) >= 11 is 1.60. The third kappa shape index (κ3) is 3.72. The molecule has 0 aliphatic carbocycles. The van der Waals surface area contributed by atoms with E-state index in [2.05, 4.69) is 4.98 Å². The summed E-state index contributed by atoms with van der Waals surface area (Å²) in [4.78, 5) is 5.36. The zero-order valence-corrected chi connectivity index (χ0v) is 15.7. The Morgan fingerprint density at radius 3 is 2.73 bits per heavy atom. The topological polar surface area (TPSA) is 102 Å². The highest BCUT2D eigenvalue weighted by Crippen LogP contribution is 2.28. The van der Waals surface area contributed by atoms with Crippen LogP contribution in [0.15, 0.2) is 65.1 Å². The number of fused-ring (bicyclic) bond motifs is 1. The Labute approximate surface area is 156 Å². The van der Waals surface area contributed by atoms with Gasteiger partial charge in [-0.05, 0) is 23.6 Å². The molecular formula is C18H20N4O2S2. The van der Waals surface area contributed by atoms with Gasteiger partial charge in [-0.2, -0.15) is 0 Å². The summed E-state index contributed by atoms with van der Waals surface area (Å²) in [5.74, 6) is 0.308. The molecule has 0 saturated heterocycles. The molecule has 0 spiro atoms. The Morgan fingerprint density at radius 1 is 1.15 bits per heavy atom. The van der Waals surface area contributed by atoms with Gasteiger partial charge in [0, 0.05) is 47.6 Å². The number of thiophene rings is 1. The van der Waals surface area contributed by atoms with Crippen LogP contribution in [0.3, 0.4) is 0 Å². The molecule has 8 heteroatoms. The Hall–Kier alpha value is -2.42. The minimum absolute atomic E-state index is 0.206. The number of pyridine rings is 1. The largest absolute Gasteiger partial charge is 0.383 e. The van der Waals surface area contributed by atoms with Crippen molar-refractivity contribution in [3.05, 3.63) is 65.1 Å². The van der Waals surface area contributed by atoms with Crippen LogP contribution in [0.4, 0.5) is 5.82 Å². The lowest BCUT2D eigenvalue weighted by Gasteiger charge is -2.21. The van der Waals surface area contributed by atoms with Gasteiger partial charge in [0.2, 0.25) is 0 Å². The second kappa shape index (κ2) is 7.86. The lowest BCUT2D eigenvalue weighted by Crippen LogP contribution is -2.28. The van der Waals surface area contributed by atoms with Gasteiger partial charge in [-0.25, -0.2) is 13.4 Å². The molecule has 0 amide bonds. The SMILES string of the molecule is NCC=CN(CCc1cccs1)S(=O)(=O)c1cccc2c(N)nccc12. The number of anilines is 1. The summed E-state index contributed by atoms with van der Waals surface area (Å²) in [5.41, 5.74) is 11.4. The number of hydrogen-bond acceptors (Lipinski definition) is 6. The fourth-order valence-corrected chi connectivity index (χ4v) is 4.92. The molecule has 0 fully saturated rings. The number of nitrogens with zero attached hydrogens (tertiary/aromatic N) is 2. The van der Waals surface area contributed by atoms with Crippen LogP contribution in [0.1, 0.15) is 4.88 Å². The summed E-state index contributed by atoms with van der Waals surface area (Å²) in [6.45, 7) is 0.591. The van der Waals surface area contributed by atoms with Crippen LogP contribution in [-0.4, -0.2) is 30.8 Å². The van der Waals surface area contributed by atoms with Crippen molar-refractivity contribution in [2.24, 2.45) is 5.73 Å². The molecule has 0 atom stereocenters. The van der Waals surface area contributed by atoms with Crippen LogP contribution in [0.25, 0.3) is 10.8 Å². The number of nitrogens with two attached hydrogens (primary N) is 2. The predicted octanol–water partition coefficient (Wildman–Crippen LogP) is 2.58. The number of sulfonamides is 1. The van der Waals surface area contributed by atoms with Crippen molar-refractivity contribution in [1.82, 2.24) is 9.29 Å².